The molecule has 1 aromatic carbocycles. The highest BCUT2D eigenvalue weighted by Crippen LogP contribution is 2.33. The van der Waals surface area contributed by atoms with Gasteiger partial charge in [0.05, 0.1) is 6.61 Å². The van der Waals surface area contributed by atoms with E-state index >= 15 is 0 Å². The zero-order valence-electron chi connectivity index (χ0n) is 10.5. The van der Waals surface area contributed by atoms with Crippen LogP contribution in [0, 0.1) is 5.41 Å². The molecule has 0 N–H and O–H groups in total. The van der Waals surface area contributed by atoms with Crippen molar-refractivity contribution in [3.63, 3.8) is 0 Å². The molecule has 1 heterocycles. The monoisotopic (exact) mass is 252 g/mol. The molecule has 0 amide bonds. The Kier molecular flexibility index (Phi) is 4.47. The number of alkyl halides is 1. The van der Waals surface area contributed by atoms with Gasteiger partial charge in [0.25, 0.3) is 0 Å². The van der Waals surface area contributed by atoms with Crippen molar-refractivity contribution in [2.75, 3.05) is 19.1 Å². The lowest BCUT2D eigenvalue weighted by Gasteiger charge is -2.35. The van der Waals surface area contributed by atoms with Gasteiger partial charge in [-0.1, -0.05) is 31.2 Å². The fraction of sp³-hybridized carbons (Fsp3) is 0.600. The molecule has 1 aromatic rings. The molecule has 0 spiro atoms. The molecule has 17 heavy (non-hydrogen) atoms. The van der Waals surface area contributed by atoms with E-state index in [0.29, 0.717) is 5.88 Å². The Morgan fingerprint density at radius 3 is 2.47 bits per heavy atom. The van der Waals surface area contributed by atoms with E-state index in [-0.39, 0.29) is 5.41 Å². The summed E-state index contributed by atoms with van der Waals surface area (Å²) in [5.41, 5.74) is 2.94. The Hall–Kier alpha value is -0.530. The first kappa shape index (κ1) is 12.9. The van der Waals surface area contributed by atoms with Crippen molar-refractivity contribution in [3.05, 3.63) is 35.4 Å². The number of benzene rings is 1. The molecule has 0 radical (unpaired) electrons. The van der Waals surface area contributed by atoms with Gasteiger partial charge in [0.15, 0.2) is 0 Å². The van der Waals surface area contributed by atoms with Crippen molar-refractivity contribution in [2.24, 2.45) is 5.41 Å². The van der Waals surface area contributed by atoms with Crippen LogP contribution in [0.4, 0.5) is 0 Å². The highest BCUT2D eigenvalue weighted by molar-refractivity contribution is 6.18. The average Bonchev–Trinajstić information content (AvgIpc) is 2.41. The van der Waals surface area contributed by atoms with E-state index in [2.05, 4.69) is 31.2 Å². The van der Waals surface area contributed by atoms with Crippen LogP contribution in [0.5, 0.6) is 0 Å². The molecule has 0 aromatic heterocycles. The van der Waals surface area contributed by atoms with Crippen molar-refractivity contribution in [1.29, 1.82) is 0 Å². The second-order valence-electron chi connectivity index (χ2n) is 5.14. The molecule has 0 saturated carbocycles. The summed E-state index contributed by atoms with van der Waals surface area (Å²) in [6, 6.07) is 8.92. The third kappa shape index (κ3) is 3.23. The molecular weight excluding hydrogens is 232 g/mol. The Morgan fingerprint density at radius 1 is 1.24 bits per heavy atom. The maximum absolute atomic E-state index is 6.17. The van der Waals surface area contributed by atoms with Crippen LogP contribution in [-0.2, 0) is 17.6 Å². The van der Waals surface area contributed by atoms with Gasteiger partial charge >= 0.3 is 0 Å². The summed E-state index contributed by atoms with van der Waals surface area (Å²) in [5, 5.41) is 0. The first-order valence-corrected chi connectivity index (χ1v) is 7.03. The highest BCUT2D eigenvalue weighted by Gasteiger charge is 2.32. The smallest absolute Gasteiger partial charge is 0.0537 e. The van der Waals surface area contributed by atoms with Crippen molar-refractivity contribution in [2.45, 2.75) is 32.6 Å². The number of aryl methyl sites for hydroxylation is 1. The van der Waals surface area contributed by atoms with E-state index < -0.39 is 0 Å². The maximum atomic E-state index is 6.17. The van der Waals surface area contributed by atoms with Crippen molar-refractivity contribution < 1.29 is 4.74 Å². The van der Waals surface area contributed by atoms with Gasteiger partial charge < -0.3 is 4.74 Å². The van der Waals surface area contributed by atoms with Gasteiger partial charge in [-0.3, -0.25) is 0 Å². The standard InChI is InChI=1S/C15H21ClO/c1-2-13-4-6-14(7-5-13)10-15(11-16)8-3-9-17-12-15/h4-7H,2-3,8-12H2,1H3. The lowest BCUT2D eigenvalue weighted by atomic mass is 9.79. The number of hydrogen-bond donors (Lipinski definition) is 0. The summed E-state index contributed by atoms with van der Waals surface area (Å²) in [7, 11) is 0. The van der Waals surface area contributed by atoms with Gasteiger partial charge in [0.1, 0.15) is 0 Å². The fourth-order valence-corrected chi connectivity index (χ4v) is 2.83. The van der Waals surface area contributed by atoms with Crippen LogP contribution >= 0.6 is 11.6 Å². The van der Waals surface area contributed by atoms with Crippen LogP contribution in [0.15, 0.2) is 24.3 Å². The largest absolute Gasteiger partial charge is 0.381 e. The number of hydrogen-bond acceptors (Lipinski definition) is 1. The van der Waals surface area contributed by atoms with Gasteiger partial charge in [-0.2, -0.15) is 0 Å². The van der Waals surface area contributed by atoms with Crippen molar-refractivity contribution >= 4 is 11.6 Å². The molecule has 1 unspecified atom stereocenters. The molecule has 1 aliphatic heterocycles. The second-order valence-corrected chi connectivity index (χ2v) is 5.40. The first-order chi connectivity index (χ1) is 8.28. The number of halogens is 1. The predicted octanol–water partition coefficient (Wildman–Crippen LogP) is 3.83. The predicted molar refractivity (Wildman–Crippen MR) is 72.7 cm³/mol. The molecular formula is C15H21ClO. The van der Waals surface area contributed by atoms with E-state index in [1.165, 1.54) is 17.5 Å². The van der Waals surface area contributed by atoms with Gasteiger partial charge in [0.2, 0.25) is 0 Å². The van der Waals surface area contributed by atoms with Crippen LogP contribution in [0.1, 0.15) is 30.9 Å². The van der Waals surface area contributed by atoms with E-state index in [0.717, 1.165) is 32.5 Å². The van der Waals surface area contributed by atoms with E-state index in [4.69, 9.17) is 16.3 Å². The maximum Gasteiger partial charge on any atom is 0.0537 e. The Bertz CT molecular complexity index is 338. The molecule has 1 aliphatic rings. The molecule has 94 valence electrons. The van der Waals surface area contributed by atoms with Gasteiger partial charge in [-0.25, -0.2) is 0 Å². The van der Waals surface area contributed by atoms with Gasteiger partial charge in [-0.05, 0) is 36.8 Å². The highest BCUT2D eigenvalue weighted by atomic mass is 35.5. The molecule has 0 bridgehead atoms. The van der Waals surface area contributed by atoms with Gasteiger partial charge in [0, 0.05) is 17.9 Å². The summed E-state index contributed by atoms with van der Waals surface area (Å²) in [5.74, 6) is 0.697. The van der Waals surface area contributed by atoms with E-state index in [1.54, 1.807) is 0 Å². The minimum atomic E-state index is 0.160. The molecule has 1 saturated heterocycles. The summed E-state index contributed by atoms with van der Waals surface area (Å²) in [6.07, 6.45) is 4.47. The summed E-state index contributed by atoms with van der Waals surface area (Å²) < 4.78 is 5.61. The minimum absolute atomic E-state index is 0.160. The quantitative estimate of drug-likeness (QED) is 0.740. The molecule has 2 rings (SSSR count). The Balaban J connectivity index is 2.06. The third-order valence-electron chi connectivity index (χ3n) is 3.70. The van der Waals surface area contributed by atoms with Crippen LogP contribution in [0.25, 0.3) is 0 Å². The summed E-state index contributed by atoms with van der Waals surface area (Å²) in [4.78, 5) is 0. The van der Waals surface area contributed by atoms with Crippen molar-refractivity contribution in [1.82, 2.24) is 0 Å². The Labute approximate surface area is 109 Å². The molecule has 1 atom stereocenters. The summed E-state index contributed by atoms with van der Waals surface area (Å²) in [6.45, 7) is 3.89. The van der Waals surface area contributed by atoms with Crippen LogP contribution in [0.3, 0.4) is 0 Å². The fourth-order valence-electron chi connectivity index (χ4n) is 2.53. The normalized spacial score (nSPS) is 24.8. The van der Waals surface area contributed by atoms with Gasteiger partial charge in [-0.15, -0.1) is 11.6 Å². The number of ether oxygens (including phenoxy) is 1. The molecule has 1 nitrogen and oxygen atoms in total. The van der Waals surface area contributed by atoms with E-state index in [9.17, 15) is 0 Å². The minimum Gasteiger partial charge on any atom is -0.381 e. The molecule has 2 heteroatoms. The van der Waals surface area contributed by atoms with Crippen molar-refractivity contribution in [3.8, 4) is 0 Å². The lowest BCUT2D eigenvalue weighted by molar-refractivity contribution is 0.00477. The average molecular weight is 253 g/mol. The number of rotatable bonds is 4. The summed E-state index contributed by atoms with van der Waals surface area (Å²) >= 11 is 6.17. The SMILES string of the molecule is CCc1ccc(CC2(CCl)CCCOC2)cc1. The topological polar surface area (TPSA) is 9.23 Å². The van der Waals surface area contributed by atoms with E-state index in [1.807, 2.05) is 0 Å². The van der Waals surface area contributed by atoms with Crippen LogP contribution in [0.2, 0.25) is 0 Å². The van der Waals surface area contributed by atoms with Crippen LogP contribution in [-0.4, -0.2) is 19.1 Å². The zero-order valence-corrected chi connectivity index (χ0v) is 11.3. The molecule has 0 aliphatic carbocycles. The van der Waals surface area contributed by atoms with Crippen LogP contribution < -0.4 is 0 Å². The lowest BCUT2D eigenvalue weighted by Crippen LogP contribution is -2.35. The second kappa shape index (κ2) is 5.88. The third-order valence-corrected chi connectivity index (χ3v) is 4.26. The molecule has 1 fully saturated rings. The Morgan fingerprint density at radius 2 is 1.94 bits per heavy atom. The first-order valence-electron chi connectivity index (χ1n) is 6.49. The zero-order chi connectivity index (χ0) is 12.1.